The van der Waals surface area contributed by atoms with E-state index in [-0.39, 0.29) is 0 Å². The monoisotopic (exact) mass is 305 g/mol. The number of H-pyrrole nitrogens is 1. The second-order valence-electron chi connectivity index (χ2n) is 4.05. The minimum Gasteiger partial charge on any atom is -0.345 e. The molecule has 102 valence electrons. The summed E-state index contributed by atoms with van der Waals surface area (Å²) in [4.78, 5) is 7.13. The lowest BCUT2D eigenvalue weighted by Gasteiger charge is -2.06. The molecular formula is C13H11N3O2S2. The average molecular weight is 305 g/mol. The highest BCUT2D eigenvalue weighted by Crippen LogP contribution is 2.22. The first-order valence-electron chi connectivity index (χ1n) is 5.81. The van der Waals surface area contributed by atoms with Gasteiger partial charge in [0.1, 0.15) is 10.0 Å². The second-order valence-corrected chi connectivity index (χ2v) is 6.91. The highest BCUT2D eigenvalue weighted by Gasteiger charge is 2.14. The number of aromatic nitrogens is 2. The van der Waals surface area contributed by atoms with Gasteiger partial charge in [-0.2, -0.15) is 0 Å². The lowest BCUT2D eigenvalue weighted by molar-refractivity contribution is 0.603. The summed E-state index contributed by atoms with van der Waals surface area (Å²) in [7, 11) is -3.49. The van der Waals surface area contributed by atoms with Gasteiger partial charge in [0.05, 0.1) is 0 Å². The van der Waals surface area contributed by atoms with Gasteiger partial charge in [-0.3, -0.25) is 4.72 Å². The van der Waals surface area contributed by atoms with Crippen molar-refractivity contribution in [2.24, 2.45) is 0 Å². The number of hydrogen-bond donors (Lipinski definition) is 2. The summed E-state index contributed by atoms with van der Waals surface area (Å²) < 4.78 is 27.0. The Morgan fingerprint density at radius 1 is 1.15 bits per heavy atom. The van der Waals surface area contributed by atoms with Crippen LogP contribution < -0.4 is 4.72 Å². The third-order valence-electron chi connectivity index (χ3n) is 2.67. The third kappa shape index (κ3) is 2.59. The number of rotatable bonds is 4. The zero-order valence-corrected chi connectivity index (χ0v) is 11.9. The first-order chi connectivity index (χ1) is 9.65. The molecule has 0 amide bonds. The number of nitrogens with zero attached hydrogens (tertiary/aromatic N) is 1. The molecule has 0 saturated heterocycles. The first kappa shape index (κ1) is 12.9. The van der Waals surface area contributed by atoms with Crippen LogP contribution in [0.1, 0.15) is 0 Å². The van der Waals surface area contributed by atoms with Crippen LogP contribution in [-0.2, 0) is 10.0 Å². The Morgan fingerprint density at radius 3 is 2.55 bits per heavy atom. The number of sulfonamides is 1. The van der Waals surface area contributed by atoms with Crippen LogP contribution in [0.25, 0.3) is 11.4 Å². The number of benzene rings is 1. The van der Waals surface area contributed by atoms with Crippen molar-refractivity contribution in [3.63, 3.8) is 0 Å². The number of nitrogens with one attached hydrogen (secondary N) is 2. The van der Waals surface area contributed by atoms with Crippen LogP contribution >= 0.6 is 11.3 Å². The molecule has 0 aliphatic rings. The van der Waals surface area contributed by atoms with Crippen molar-refractivity contribution >= 4 is 27.0 Å². The van der Waals surface area contributed by atoms with E-state index in [0.717, 1.165) is 11.4 Å². The normalized spacial score (nSPS) is 11.4. The van der Waals surface area contributed by atoms with Crippen molar-refractivity contribution in [3.05, 3.63) is 54.2 Å². The minimum atomic E-state index is -3.49. The quantitative estimate of drug-likeness (QED) is 0.778. The highest BCUT2D eigenvalue weighted by molar-refractivity contribution is 7.94. The van der Waals surface area contributed by atoms with Gasteiger partial charge in [-0.1, -0.05) is 6.07 Å². The molecule has 3 rings (SSSR count). The number of thiophene rings is 1. The molecule has 0 radical (unpaired) electrons. The van der Waals surface area contributed by atoms with Crippen LogP contribution in [0.15, 0.2) is 58.4 Å². The Balaban J connectivity index is 1.83. The fraction of sp³-hybridized carbons (Fsp3) is 0. The van der Waals surface area contributed by atoms with Gasteiger partial charge in [-0.15, -0.1) is 11.3 Å². The molecule has 0 aliphatic heterocycles. The fourth-order valence-electron chi connectivity index (χ4n) is 1.74. The number of hydrogen-bond acceptors (Lipinski definition) is 4. The molecule has 0 bridgehead atoms. The van der Waals surface area contributed by atoms with Crippen molar-refractivity contribution < 1.29 is 8.42 Å². The minimum absolute atomic E-state index is 0.299. The molecule has 3 aromatic rings. The molecule has 0 unspecified atom stereocenters. The Bertz CT molecular complexity index is 777. The van der Waals surface area contributed by atoms with E-state index in [1.165, 1.54) is 11.3 Å². The smallest absolute Gasteiger partial charge is 0.271 e. The van der Waals surface area contributed by atoms with Crippen molar-refractivity contribution in [1.82, 2.24) is 9.97 Å². The van der Waals surface area contributed by atoms with E-state index in [2.05, 4.69) is 14.7 Å². The van der Waals surface area contributed by atoms with E-state index in [1.807, 2.05) is 12.1 Å². The number of imidazole rings is 1. The SMILES string of the molecule is O=S(=O)(Nc1ccc(-c2ncc[nH]2)cc1)c1cccs1. The lowest BCUT2D eigenvalue weighted by Crippen LogP contribution is -2.11. The van der Waals surface area contributed by atoms with Gasteiger partial charge < -0.3 is 4.98 Å². The van der Waals surface area contributed by atoms with Gasteiger partial charge in [-0.25, -0.2) is 13.4 Å². The van der Waals surface area contributed by atoms with Gasteiger partial charge in [-0.05, 0) is 35.7 Å². The van der Waals surface area contributed by atoms with E-state index < -0.39 is 10.0 Å². The Hall–Kier alpha value is -2.12. The molecule has 5 nitrogen and oxygen atoms in total. The Kier molecular flexibility index (Phi) is 3.29. The van der Waals surface area contributed by atoms with Crippen LogP contribution in [-0.4, -0.2) is 18.4 Å². The predicted octanol–water partition coefficient (Wildman–Crippen LogP) is 2.94. The average Bonchev–Trinajstić information content (AvgIpc) is 3.13. The van der Waals surface area contributed by atoms with Crippen molar-refractivity contribution in [2.75, 3.05) is 4.72 Å². The molecular weight excluding hydrogens is 294 g/mol. The van der Waals surface area contributed by atoms with E-state index in [4.69, 9.17) is 0 Å². The first-order valence-corrected chi connectivity index (χ1v) is 8.17. The van der Waals surface area contributed by atoms with Crippen LogP contribution in [0.5, 0.6) is 0 Å². The largest absolute Gasteiger partial charge is 0.345 e. The van der Waals surface area contributed by atoms with Gasteiger partial charge in [0.15, 0.2) is 0 Å². The maximum Gasteiger partial charge on any atom is 0.271 e. The molecule has 2 N–H and O–H groups in total. The fourth-order valence-corrected chi connectivity index (χ4v) is 3.79. The Morgan fingerprint density at radius 2 is 1.95 bits per heavy atom. The molecule has 0 atom stereocenters. The van der Waals surface area contributed by atoms with E-state index in [1.54, 1.807) is 42.0 Å². The third-order valence-corrected chi connectivity index (χ3v) is 5.45. The molecule has 0 saturated carbocycles. The highest BCUT2D eigenvalue weighted by atomic mass is 32.2. The Labute approximate surface area is 120 Å². The topological polar surface area (TPSA) is 74.8 Å². The summed E-state index contributed by atoms with van der Waals surface area (Å²) in [6.07, 6.45) is 3.41. The van der Waals surface area contributed by atoms with Crippen LogP contribution in [0.3, 0.4) is 0 Å². The molecule has 7 heteroatoms. The van der Waals surface area contributed by atoms with E-state index >= 15 is 0 Å². The van der Waals surface area contributed by atoms with Gasteiger partial charge in [0, 0.05) is 23.6 Å². The van der Waals surface area contributed by atoms with E-state index in [9.17, 15) is 8.42 Å². The molecule has 2 aromatic heterocycles. The summed E-state index contributed by atoms with van der Waals surface area (Å²) in [6, 6.07) is 10.3. The van der Waals surface area contributed by atoms with Crippen LogP contribution in [0.4, 0.5) is 5.69 Å². The van der Waals surface area contributed by atoms with E-state index in [0.29, 0.717) is 9.90 Å². The molecule has 0 fully saturated rings. The second kappa shape index (κ2) is 5.10. The standard InChI is InChI=1S/C13H11N3O2S2/c17-20(18,12-2-1-9-19-12)16-11-5-3-10(4-6-11)13-14-7-8-15-13/h1-9,16H,(H,14,15). The predicted molar refractivity (Wildman–Crippen MR) is 79.2 cm³/mol. The summed E-state index contributed by atoms with van der Waals surface area (Å²) in [6.45, 7) is 0. The maximum atomic E-state index is 12.1. The van der Waals surface area contributed by atoms with Crippen LogP contribution in [0, 0.1) is 0 Å². The zero-order chi connectivity index (χ0) is 14.0. The molecule has 20 heavy (non-hydrogen) atoms. The summed E-state index contributed by atoms with van der Waals surface area (Å²) in [5.41, 5.74) is 1.42. The molecule has 0 aliphatic carbocycles. The summed E-state index contributed by atoms with van der Waals surface area (Å²) in [5.74, 6) is 0.748. The molecule has 0 spiro atoms. The van der Waals surface area contributed by atoms with Gasteiger partial charge >= 0.3 is 0 Å². The van der Waals surface area contributed by atoms with Gasteiger partial charge in [0.25, 0.3) is 10.0 Å². The summed E-state index contributed by atoms with van der Waals surface area (Å²) >= 11 is 1.18. The molecule has 2 heterocycles. The number of aromatic amines is 1. The van der Waals surface area contributed by atoms with Crippen molar-refractivity contribution in [2.45, 2.75) is 4.21 Å². The number of anilines is 1. The maximum absolute atomic E-state index is 12.1. The zero-order valence-electron chi connectivity index (χ0n) is 10.3. The van der Waals surface area contributed by atoms with Crippen LogP contribution in [0.2, 0.25) is 0 Å². The van der Waals surface area contributed by atoms with Crippen molar-refractivity contribution in [1.29, 1.82) is 0 Å². The van der Waals surface area contributed by atoms with Crippen molar-refractivity contribution in [3.8, 4) is 11.4 Å². The summed E-state index contributed by atoms with van der Waals surface area (Å²) in [5, 5.41) is 1.73. The molecule has 1 aromatic carbocycles. The van der Waals surface area contributed by atoms with Gasteiger partial charge in [0.2, 0.25) is 0 Å². The lowest BCUT2D eigenvalue weighted by atomic mass is 10.2.